The number of carbonyl (C=O) groups is 2. The molecule has 0 heterocycles. The first-order chi connectivity index (χ1) is 7.58. The van der Waals surface area contributed by atoms with Crippen molar-refractivity contribution < 1.29 is 19.4 Å². The summed E-state index contributed by atoms with van der Waals surface area (Å²) in [4.78, 5) is 22.4. The summed E-state index contributed by atoms with van der Waals surface area (Å²) in [5.74, 6) is -1.27. The van der Waals surface area contributed by atoms with Gasteiger partial charge in [0.1, 0.15) is 0 Å². The van der Waals surface area contributed by atoms with Crippen molar-refractivity contribution in [3.8, 4) is 0 Å². The fourth-order valence-electron chi connectivity index (χ4n) is 2.06. The summed E-state index contributed by atoms with van der Waals surface area (Å²) in [5.41, 5.74) is 0.623. The molecular formula is C12H18O4. The van der Waals surface area contributed by atoms with Crippen molar-refractivity contribution >= 4 is 11.9 Å². The third-order valence-electron chi connectivity index (χ3n) is 3.11. The molecule has 1 N–H and O–H groups in total. The minimum Gasteiger partial charge on any atom is -0.481 e. The van der Waals surface area contributed by atoms with Crippen LogP contribution in [0.1, 0.15) is 32.6 Å². The van der Waals surface area contributed by atoms with Crippen LogP contribution in [0.4, 0.5) is 0 Å². The third-order valence-corrected chi connectivity index (χ3v) is 3.11. The highest BCUT2D eigenvalue weighted by atomic mass is 16.5. The van der Waals surface area contributed by atoms with Crippen molar-refractivity contribution in [3.63, 3.8) is 0 Å². The van der Waals surface area contributed by atoms with E-state index < -0.39 is 5.97 Å². The number of ether oxygens (including phenoxy) is 1. The van der Waals surface area contributed by atoms with E-state index in [4.69, 9.17) is 5.11 Å². The SMILES string of the molecule is CC[C@H]1C=C(C(=O)OC)CC[C@@H](C(=O)O)C1. The van der Waals surface area contributed by atoms with E-state index in [1.54, 1.807) is 0 Å². The van der Waals surface area contributed by atoms with E-state index in [0.29, 0.717) is 24.8 Å². The van der Waals surface area contributed by atoms with Crippen LogP contribution in [-0.4, -0.2) is 24.2 Å². The van der Waals surface area contributed by atoms with Crippen LogP contribution in [0.2, 0.25) is 0 Å². The second kappa shape index (κ2) is 5.68. The molecule has 0 saturated carbocycles. The Bertz CT molecular complexity index is 306. The molecule has 16 heavy (non-hydrogen) atoms. The molecule has 0 bridgehead atoms. The molecule has 0 fully saturated rings. The molecule has 0 aromatic heterocycles. The van der Waals surface area contributed by atoms with E-state index in [0.717, 1.165) is 6.42 Å². The van der Waals surface area contributed by atoms with Gasteiger partial charge >= 0.3 is 11.9 Å². The monoisotopic (exact) mass is 226 g/mol. The number of carboxylic acid groups (broad SMARTS) is 1. The minimum atomic E-state index is -0.766. The Hall–Kier alpha value is -1.32. The lowest BCUT2D eigenvalue weighted by molar-refractivity contribution is -0.142. The zero-order chi connectivity index (χ0) is 12.1. The van der Waals surface area contributed by atoms with Crippen molar-refractivity contribution in [2.24, 2.45) is 11.8 Å². The number of rotatable bonds is 3. The first kappa shape index (κ1) is 12.7. The fourth-order valence-corrected chi connectivity index (χ4v) is 2.06. The third kappa shape index (κ3) is 3.08. The lowest BCUT2D eigenvalue weighted by Gasteiger charge is -2.13. The number of carbonyl (C=O) groups excluding carboxylic acids is 1. The summed E-state index contributed by atoms with van der Waals surface area (Å²) in [7, 11) is 1.35. The number of esters is 1. The van der Waals surface area contributed by atoms with E-state index in [1.807, 2.05) is 13.0 Å². The number of allylic oxidation sites excluding steroid dienone is 1. The molecular weight excluding hydrogens is 208 g/mol. The van der Waals surface area contributed by atoms with Gasteiger partial charge in [-0.2, -0.15) is 0 Å². The summed E-state index contributed by atoms with van der Waals surface area (Å²) >= 11 is 0. The Morgan fingerprint density at radius 1 is 1.56 bits per heavy atom. The van der Waals surface area contributed by atoms with Gasteiger partial charge in [-0.05, 0) is 31.6 Å². The highest BCUT2D eigenvalue weighted by Gasteiger charge is 2.26. The minimum absolute atomic E-state index is 0.165. The highest BCUT2D eigenvalue weighted by Crippen LogP contribution is 2.29. The van der Waals surface area contributed by atoms with Gasteiger partial charge in [-0.3, -0.25) is 4.79 Å². The molecule has 4 nitrogen and oxygen atoms in total. The van der Waals surface area contributed by atoms with Crippen molar-refractivity contribution in [3.05, 3.63) is 11.6 Å². The molecule has 2 atom stereocenters. The molecule has 0 aromatic carbocycles. The maximum atomic E-state index is 11.4. The smallest absolute Gasteiger partial charge is 0.333 e. The molecule has 1 aliphatic rings. The van der Waals surface area contributed by atoms with Gasteiger partial charge in [0.25, 0.3) is 0 Å². The number of carboxylic acids is 1. The predicted molar refractivity (Wildman–Crippen MR) is 58.9 cm³/mol. The molecule has 0 unspecified atom stereocenters. The van der Waals surface area contributed by atoms with Crippen molar-refractivity contribution in [2.75, 3.05) is 7.11 Å². The van der Waals surface area contributed by atoms with Gasteiger partial charge < -0.3 is 9.84 Å². The molecule has 0 spiro atoms. The van der Waals surface area contributed by atoms with Crippen molar-refractivity contribution in [1.82, 2.24) is 0 Å². The standard InChI is InChI=1S/C12H18O4/c1-3-8-6-9(11(13)14)4-5-10(7-8)12(15)16-2/h7-9H,3-6H2,1-2H3,(H,13,14)/t8-,9-/m1/s1. The molecule has 0 amide bonds. The lowest BCUT2D eigenvalue weighted by atomic mass is 9.92. The molecule has 0 saturated heterocycles. The maximum absolute atomic E-state index is 11.4. The maximum Gasteiger partial charge on any atom is 0.333 e. The number of aliphatic carboxylic acids is 1. The number of hydrogen-bond acceptors (Lipinski definition) is 3. The van der Waals surface area contributed by atoms with E-state index in [2.05, 4.69) is 4.74 Å². The second-order valence-electron chi connectivity index (χ2n) is 4.16. The fraction of sp³-hybridized carbons (Fsp3) is 0.667. The van der Waals surface area contributed by atoms with Crippen LogP contribution in [0.3, 0.4) is 0 Å². The van der Waals surface area contributed by atoms with Gasteiger partial charge in [-0.15, -0.1) is 0 Å². The van der Waals surface area contributed by atoms with E-state index in [9.17, 15) is 9.59 Å². The Morgan fingerprint density at radius 3 is 2.75 bits per heavy atom. The molecule has 1 aliphatic carbocycles. The zero-order valence-corrected chi connectivity index (χ0v) is 9.73. The zero-order valence-electron chi connectivity index (χ0n) is 9.73. The van der Waals surface area contributed by atoms with Gasteiger partial charge in [0.05, 0.1) is 13.0 Å². The largest absolute Gasteiger partial charge is 0.481 e. The number of hydrogen-bond donors (Lipinski definition) is 1. The molecule has 4 heteroatoms. The molecule has 1 rings (SSSR count). The molecule has 0 aliphatic heterocycles. The van der Waals surface area contributed by atoms with Crippen molar-refractivity contribution in [1.29, 1.82) is 0 Å². The molecule has 0 radical (unpaired) electrons. The Balaban J connectivity index is 2.80. The molecule has 0 aromatic rings. The van der Waals surface area contributed by atoms with Crippen LogP contribution in [0, 0.1) is 11.8 Å². The van der Waals surface area contributed by atoms with Crippen LogP contribution >= 0.6 is 0 Å². The van der Waals surface area contributed by atoms with Crippen LogP contribution in [0.15, 0.2) is 11.6 Å². The second-order valence-corrected chi connectivity index (χ2v) is 4.16. The Labute approximate surface area is 95.3 Å². The van der Waals surface area contributed by atoms with Gasteiger partial charge in [0, 0.05) is 5.57 Å². The summed E-state index contributed by atoms with van der Waals surface area (Å²) in [6.45, 7) is 2.00. The van der Waals surface area contributed by atoms with Crippen LogP contribution in [-0.2, 0) is 14.3 Å². The van der Waals surface area contributed by atoms with Crippen molar-refractivity contribution in [2.45, 2.75) is 32.6 Å². The first-order valence-corrected chi connectivity index (χ1v) is 5.60. The lowest BCUT2D eigenvalue weighted by Crippen LogP contribution is -2.15. The average molecular weight is 226 g/mol. The summed E-state index contributed by atoms with van der Waals surface area (Å²) in [6, 6.07) is 0. The van der Waals surface area contributed by atoms with Crippen LogP contribution in [0.25, 0.3) is 0 Å². The molecule has 90 valence electrons. The first-order valence-electron chi connectivity index (χ1n) is 5.60. The van der Waals surface area contributed by atoms with Gasteiger partial charge in [-0.1, -0.05) is 13.0 Å². The topological polar surface area (TPSA) is 63.6 Å². The van der Waals surface area contributed by atoms with E-state index >= 15 is 0 Å². The van der Waals surface area contributed by atoms with E-state index in [1.165, 1.54) is 7.11 Å². The van der Waals surface area contributed by atoms with Gasteiger partial charge in [-0.25, -0.2) is 4.79 Å². The highest BCUT2D eigenvalue weighted by molar-refractivity contribution is 5.88. The summed E-state index contributed by atoms with van der Waals surface area (Å²) in [5, 5.41) is 9.02. The number of methoxy groups -OCH3 is 1. The quantitative estimate of drug-likeness (QED) is 0.747. The average Bonchev–Trinajstić information content (AvgIpc) is 2.50. The Kier molecular flexibility index (Phi) is 4.52. The van der Waals surface area contributed by atoms with Gasteiger partial charge in [0.15, 0.2) is 0 Å². The predicted octanol–water partition coefficient (Wildman–Crippen LogP) is 2.00. The van der Waals surface area contributed by atoms with Crippen LogP contribution in [0.5, 0.6) is 0 Å². The normalized spacial score (nSPS) is 25.5. The van der Waals surface area contributed by atoms with E-state index in [-0.39, 0.29) is 17.8 Å². The van der Waals surface area contributed by atoms with Crippen LogP contribution < -0.4 is 0 Å². The Morgan fingerprint density at radius 2 is 2.25 bits per heavy atom. The summed E-state index contributed by atoms with van der Waals surface area (Å²) < 4.78 is 4.68. The van der Waals surface area contributed by atoms with Gasteiger partial charge in [0.2, 0.25) is 0 Å². The summed E-state index contributed by atoms with van der Waals surface area (Å²) in [6.07, 6.45) is 4.37.